The number of phenolic OH excluding ortho intramolecular Hbond substituents is 1. The predicted octanol–water partition coefficient (Wildman–Crippen LogP) is 4.06. The van der Waals surface area contributed by atoms with Gasteiger partial charge in [0.15, 0.2) is 17.5 Å². The molecule has 3 atom stereocenters. The second-order valence-corrected chi connectivity index (χ2v) is 8.60. The monoisotopic (exact) mass is 423 g/mol. The Bertz CT molecular complexity index is 1070. The van der Waals surface area contributed by atoms with Crippen LogP contribution in [0.5, 0.6) is 5.75 Å². The lowest BCUT2D eigenvalue weighted by atomic mass is 9.83. The molecule has 2 aliphatic rings. The van der Waals surface area contributed by atoms with Crippen LogP contribution in [0, 0.1) is 12.7 Å². The first-order valence-electron chi connectivity index (χ1n) is 10.8. The summed E-state index contributed by atoms with van der Waals surface area (Å²) in [6.07, 6.45) is 7.42. The van der Waals surface area contributed by atoms with Crippen molar-refractivity contribution in [2.24, 2.45) is 0 Å². The zero-order valence-electron chi connectivity index (χ0n) is 17.7. The van der Waals surface area contributed by atoms with Crippen LogP contribution in [-0.2, 0) is 0 Å². The summed E-state index contributed by atoms with van der Waals surface area (Å²) in [6.45, 7) is 1.68. The number of hydrogen-bond acceptors (Lipinski definition) is 7. The zero-order valence-corrected chi connectivity index (χ0v) is 17.7. The molecule has 2 N–H and O–H groups in total. The second-order valence-electron chi connectivity index (χ2n) is 8.60. The summed E-state index contributed by atoms with van der Waals surface area (Å²) >= 11 is 0. The van der Waals surface area contributed by atoms with Crippen molar-refractivity contribution in [3.05, 3.63) is 42.2 Å². The summed E-state index contributed by atoms with van der Waals surface area (Å²) in [4.78, 5) is 6.17. The van der Waals surface area contributed by atoms with Gasteiger partial charge in [-0.3, -0.25) is 0 Å². The van der Waals surface area contributed by atoms with E-state index in [9.17, 15) is 9.50 Å². The van der Waals surface area contributed by atoms with Crippen LogP contribution in [0.1, 0.15) is 38.0 Å². The van der Waals surface area contributed by atoms with Crippen LogP contribution in [0.15, 0.2) is 34.9 Å². The zero-order chi connectivity index (χ0) is 21.5. The molecule has 2 saturated heterocycles. The van der Waals surface area contributed by atoms with Crippen molar-refractivity contribution in [1.82, 2.24) is 20.5 Å². The Morgan fingerprint density at radius 2 is 1.90 bits per heavy atom. The summed E-state index contributed by atoms with van der Waals surface area (Å²) in [5, 5.41) is 22.9. The van der Waals surface area contributed by atoms with Gasteiger partial charge in [-0.25, -0.2) is 9.37 Å². The van der Waals surface area contributed by atoms with Crippen molar-refractivity contribution < 1.29 is 13.9 Å². The number of aromatic nitrogens is 3. The fraction of sp³-hybridized carbons (Fsp3) is 0.435. The largest absolute Gasteiger partial charge is 0.507 e. The average Bonchev–Trinajstić information content (AvgIpc) is 3.20. The highest BCUT2D eigenvalue weighted by molar-refractivity contribution is 5.73. The topological polar surface area (TPSA) is 87.3 Å². The molecule has 1 unspecified atom stereocenters. The minimum atomic E-state index is -0.520. The lowest BCUT2D eigenvalue weighted by Gasteiger charge is -2.43. The molecule has 2 aliphatic heterocycles. The molecule has 31 heavy (non-hydrogen) atoms. The van der Waals surface area contributed by atoms with Gasteiger partial charge >= 0.3 is 0 Å². The van der Waals surface area contributed by atoms with E-state index in [2.05, 4.69) is 32.4 Å². The van der Waals surface area contributed by atoms with Crippen LogP contribution in [-0.4, -0.2) is 45.5 Å². The number of fused-ring (bicyclic) bond motifs is 2. The maximum atomic E-state index is 14.7. The highest BCUT2D eigenvalue weighted by atomic mass is 19.1. The minimum Gasteiger partial charge on any atom is -0.507 e. The van der Waals surface area contributed by atoms with Gasteiger partial charge in [0.05, 0.1) is 17.5 Å². The number of halogens is 1. The Hall–Kier alpha value is -3.00. The first kappa shape index (κ1) is 19.9. The molecule has 4 heterocycles. The number of aryl methyl sites for hydroxylation is 1. The normalized spacial score (nSPS) is 23.0. The van der Waals surface area contributed by atoms with E-state index in [0.717, 1.165) is 18.7 Å². The molecule has 2 bridgehead atoms. The van der Waals surface area contributed by atoms with Crippen molar-refractivity contribution in [2.45, 2.75) is 57.2 Å². The molecule has 162 valence electrons. The van der Waals surface area contributed by atoms with Crippen LogP contribution < -0.4 is 10.2 Å². The van der Waals surface area contributed by atoms with Crippen molar-refractivity contribution in [3.63, 3.8) is 0 Å². The third kappa shape index (κ3) is 3.87. The lowest BCUT2D eigenvalue weighted by molar-refractivity contribution is 0.219. The van der Waals surface area contributed by atoms with Gasteiger partial charge in [-0.05, 0) is 49.9 Å². The van der Waals surface area contributed by atoms with E-state index in [1.165, 1.54) is 37.6 Å². The smallest absolute Gasteiger partial charge is 0.191 e. The number of nitrogens with one attached hydrogen (secondary N) is 1. The summed E-state index contributed by atoms with van der Waals surface area (Å²) in [5.41, 5.74) is 0.856. The summed E-state index contributed by atoms with van der Waals surface area (Å²) in [7, 11) is 2.06. The minimum absolute atomic E-state index is 0.0907. The van der Waals surface area contributed by atoms with Crippen molar-refractivity contribution in [2.75, 3.05) is 11.9 Å². The molecule has 0 saturated carbocycles. The Morgan fingerprint density at radius 3 is 2.55 bits per heavy atom. The van der Waals surface area contributed by atoms with Crippen LogP contribution in [0.25, 0.3) is 22.6 Å². The molecule has 0 spiro atoms. The van der Waals surface area contributed by atoms with E-state index in [1.54, 1.807) is 13.0 Å². The third-order valence-corrected chi connectivity index (χ3v) is 6.50. The number of hydrogen-bond donors (Lipinski definition) is 2. The van der Waals surface area contributed by atoms with Crippen LogP contribution >= 0.6 is 0 Å². The predicted molar refractivity (Wildman–Crippen MR) is 115 cm³/mol. The van der Waals surface area contributed by atoms with E-state index < -0.39 is 5.82 Å². The number of nitrogens with zero attached hydrogens (tertiary/aromatic N) is 4. The third-order valence-electron chi connectivity index (χ3n) is 6.50. The van der Waals surface area contributed by atoms with Gasteiger partial charge in [-0.15, -0.1) is 10.2 Å². The molecule has 1 aromatic carbocycles. The number of benzene rings is 1. The molecule has 3 aromatic rings. The fourth-order valence-electron chi connectivity index (χ4n) is 4.84. The standard InChI is InChI=1S/C23H26FN5O2/c1-13-25-12-22(31-13)17-11-21(30)18(10-19(17)24)20-6-7-23(28-27-20)29(2)16-8-14-4-3-5-15(9-16)26-14/h6-7,10-12,14-16,26,30H,3-5,8-9H2,1-2H3/t14-,15+,16?. The van der Waals surface area contributed by atoms with Gasteiger partial charge in [0.2, 0.25) is 0 Å². The highest BCUT2D eigenvalue weighted by Crippen LogP contribution is 2.35. The quantitative estimate of drug-likeness (QED) is 0.654. The molecular weight excluding hydrogens is 397 g/mol. The molecule has 0 amide bonds. The van der Waals surface area contributed by atoms with Gasteiger partial charge in [0, 0.05) is 37.7 Å². The summed E-state index contributed by atoms with van der Waals surface area (Å²) in [5.74, 6) is 0.871. The number of anilines is 1. The highest BCUT2D eigenvalue weighted by Gasteiger charge is 2.33. The van der Waals surface area contributed by atoms with E-state index in [0.29, 0.717) is 29.7 Å². The van der Waals surface area contributed by atoms with Crippen molar-refractivity contribution in [3.8, 4) is 28.3 Å². The Labute approximate surface area is 180 Å². The first-order chi connectivity index (χ1) is 15.0. The molecule has 0 aliphatic carbocycles. The number of rotatable bonds is 4. The summed E-state index contributed by atoms with van der Waals surface area (Å²) < 4.78 is 20.1. The number of oxazole rings is 1. The molecule has 5 rings (SSSR count). The maximum absolute atomic E-state index is 14.7. The van der Waals surface area contributed by atoms with E-state index in [1.807, 2.05) is 6.07 Å². The number of piperidine rings is 2. The molecular formula is C23H26FN5O2. The van der Waals surface area contributed by atoms with E-state index in [-0.39, 0.29) is 22.6 Å². The first-order valence-corrected chi connectivity index (χ1v) is 10.8. The molecule has 7 nitrogen and oxygen atoms in total. The fourth-order valence-corrected chi connectivity index (χ4v) is 4.84. The number of phenols is 1. The van der Waals surface area contributed by atoms with Gasteiger partial charge in [-0.1, -0.05) is 6.42 Å². The van der Waals surface area contributed by atoms with Gasteiger partial charge in [0.1, 0.15) is 11.6 Å². The average molecular weight is 423 g/mol. The maximum Gasteiger partial charge on any atom is 0.191 e. The van der Waals surface area contributed by atoms with Crippen LogP contribution in [0.3, 0.4) is 0 Å². The SMILES string of the molecule is Cc1ncc(-c2cc(O)c(-c3ccc(N(C)C4C[C@H]5CCC[C@@H](C4)N5)nn3)cc2F)o1. The van der Waals surface area contributed by atoms with Gasteiger partial charge in [-0.2, -0.15) is 0 Å². The molecule has 2 fully saturated rings. The van der Waals surface area contributed by atoms with Crippen molar-refractivity contribution in [1.29, 1.82) is 0 Å². The van der Waals surface area contributed by atoms with Crippen molar-refractivity contribution >= 4 is 5.82 Å². The Balaban J connectivity index is 1.37. The molecule has 0 radical (unpaired) electrons. The second kappa shape index (κ2) is 7.92. The van der Waals surface area contributed by atoms with E-state index >= 15 is 0 Å². The van der Waals surface area contributed by atoms with Gasteiger partial charge in [0.25, 0.3) is 0 Å². The Morgan fingerprint density at radius 1 is 1.13 bits per heavy atom. The number of aromatic hydroxyl groups is 1. The lowest BCUT2D eigenvalue weighted by Crippen LogP contribution is -2.54. The van der Waals surface area contributed by atoms with Crippen LogP contribution in [0.2, 0.25) is 0 Å². The summed E-state index contributed by atoms with van der Waals surface area (Å²) in [6, 6.07) is 7.83. The molecule has 2 aromatic heterocycles. The Kier molecular flexibility index (Phi) is 5.09. The molecule has 8 heteroatoms. The van der Waals surface area contributed by atoms with Gasteiger partial charge < -0.3 is 19.7 Å². The van der Waals surface area contributed by atoms with Crippen LogP contribution in [0.4, 0.5) is 10.2 Å². The van der Waals surface area contributed by atoms with E-state index in [4.69, 9.17) is 4.42 Å².